The number of hydrogen-bond donors (Lipinski definition) is 2. The predicted molar refractivity (Wildman–Crippen MR) is 96.3 cm³/mol. The summed E-state index contributed by atoms with van der Waals surface area (Å²) in [5, 5.41) is 3.14. The van der Waals surface area contributed by atoms with Crippen LogP contribution in [0.5, 0.6) is 5.75 Å². The van der Waals surface area contributed by atoms with Crippen molar-refractivity contribution in [1.29, 1.82) is 0 Å². The number of nitrogens with one attached hydrogen (secondary N) is 2. The Morgan fingerprint density at radius 1 is 1.24 bits per heavy atom. The van der Waals surface area contributed by atoms with Crippen LogP contribution in [0.3, 0.4) is 0 Å². The monoisotopic (exact) mass is 343 g/mol. The Balaban J connectivity index is 1.84. The molecule has 2 heterocycles. The molecule has 2 N–H and O–H groups in total. The maximum Gasteiger partial charge on any atom is 0.329 e. The summed E-state index contributed by atoms with van der Waals surface area (Å²) in [7, 11) is 1.59. The van der Waals surface area contributed by atoms with Gasteiger partial charge in [0.15, 0.2) is 11.2 Å². The van der Waals surface area contributed by atoms with E-state index in [1.54, 1.807) is 11.6 Å². The van der Waals surface area contributed by atoms with Crippen molar-refractivity contribution in [1.82, 2.24) is 19.1 Å². The van der Waals surface area contributed by atoms with Gasteiger partial charge in [0.1, 0.15) is 5.75 Å². The van der Waals surface area contributed by atoms with Gasteiger partial charge in [-0.05, 0) is 25.5 Å². The van der Waals surface area contributed by atoms with Crippen molar-refractivity contribution in [2.75, 3.05) is 18.5 Å². The summed E-state index contributed by atoms with van der Waals surface area (Å²) in [6.45, 7) is 3.67. The van der Waals surface area contributed by atoms with Gasteiger partial charge in [0.25, 0.3) is 5.56 Å². The quantitative estimate of drug-likeness (QED) is 0.631. The van der Waals surface area contributed by atoms with Crippen LogP contribution in [-0.2, 0) is 13.6 Å². The van der Waals surface area contributed by atoms with Gasteiger partial charge in [0, 0.05) is 20.1 Å². The first-order valence-corrected chi connectivity index (χ1v) is 8.23. The number of aromatic nitrogens is 4. The summed E-state index contributed by atoms with van der Waals surface area (Å²) in [5.41, 5.74) is -0.150. The Bertz CT molecular complexity index is 972. The van der Waals surface area contributed by atoms with E-state index in [0.717, 1.165) is 5.75 Å². The minimum atomic E-state index is -0.474. The lowest BCUT2D eigenvalue weighted by Gasteiger charge is -2.10. The van der Waals surface area contributed by atoms with Crippen molar-refractivity contribution in [2.24, 2.45) is 7.05 Å². The molecule has 0 saturated heterocycles. The second-order valence-corrected chi connectivity index (χ2v) is 5.62. The second kappa shape index (κ2) is 7.25. The predicted octanol–water partition coefficient (Wildman–Crippen LogP) is 1.32. The first-order valence-electron chi connectivity index (χ1n) is 8.23. The number of benzene rings is 1. The zero-order valence-electron chi connectivity index (χ0n) is 14.3. The summed E-state index contributed by atoms with van der Waals surface area (Å²) in [6.07, 6.45) is 0.695. The van der Waals surface area contributed by atoms with Gasteiger partial charge in [-0.2, -0.15) is 4.98 Å². The first-order chi connectivity index (χ1) is 12.1. The molecular weight excluding hydrogens is 322 g/mol. The van der Waals surface area contributed by atoms with Gasteiger partial charge in [0.05, 0.1) is 6.61 Å². The molecule has 0 aliphatic carbocycles. The molecule has 8 heteroatoms. The second-order valence-electron chi connectivity index (χ2n) is 5.62. The van der Waals surface area contributed by atoms with Crippen molar-refractivity contribution in [3.8, 4) is 5.75 Å². The van der Waals surface area contributed by atoms with Gasteiger partial charge in [-0.15, -0.1) is 0 Å². The van der Waals surface area contributed by atoms with E-state index < -0.39 is 11.2 Å². The normalized spacial score (nSPS) is 11.0. The molecule has 1 aromatic carbocycles. The topological polar surface area (TPSA) is 93.9 Å². The molecule has 25 heavy (non-hydrogen) atoms. The van der Waals surface area contributed by atoms with Crippen LogP contribution in [-0.4, -0.2) is 32.3 Å². The van der Waals surface area contributed by atoms with Crippen LogP contribution in [0.4, 0.5) is 5.95 Å². The van der Waals surface area contributed by atoms with Crippen LogP contribution in [0.15, 0.2) is 39.9 Å². The van der Waals surface area contributed by atoms with E-state index in [4.69, 9.17) is 4.74 Å². The fraction of sp³-hybridized carbons (Fsp3) is 0.353. The third-order valence-electron chi connectivity index (χ3n) is 3.88. The summed E-state index contributed by atoms with van der Waals surface area (Å²) < 4.78 is 8.83. The molecule has 8 nitrogen and oxygen atoms in total. The number of ether oxygens (including phenoxy) is 1. The number of aryl methyl sites for hydroxylation is 2. The fourth-order valence-corrected chi connectivity index (χ4v) is 2.67. The molecule has 2 aromatic heterocycles. The van der Waals surface area contributed by atoms with Gasteiger partial charge in [0.2, 0.25) is 5.95 Å². The number of aromatic amines is 1. The van der Waals surface area contributed by atoms with E-state index >= 15 is 0 Å². The standard InChI is InChI=1S/C17H21N5O3/c1-3-18-16-19-14-13(15(23)20-17(24)21(14)2)22(16)10-7-11-25-12-8-5-4-6-9-12/h4-6,8-9H,3,7,10-11H2,1-2H3,(H,18,19)(H,20,23,24). The van der Waals surface area contributed by atoms with Crippen LogP contribution in [0.2, 0.25) is 0 Å². The summed E-state index contributed by atoms with van der Waals surface area (Å²) in [5.74, 6) is 1.38. The molecule has 0 fully saturated rings. The number of fused-ring (bicyclic) bond motifs is 1. The average Bonchev–Trinajstić information content (AvgIpc) is 2.97. The summed E-state index contributed by atoms with van der Waals surface area (Å²) in [6, 6.07) is 9.57. The zero-order valence-corrected chi connectivity index (χ0v) is 14.3. The Kier molecular flexibility index (Phi) is 4.87. The third kappa shape index (κ3) is 3.42. The Morgan fingerprint density at radius 2 is 2.00 bits per heavy atom. The molecule has 0 atom stereocenters. The highest BCUT2D eigenvalue weighted by molar-refractivity contribution is 5.74. The SMILES string of the molecule is CCNc1nc2c(c(=O)[nH]c(=O)n2C)n1CCCOc1ccccc1. The number of H-pyrrole nitrogens is 1. The molecule has 3 aromatic rings. The molecular formula is C17H21N5O3. The van der Waals surface area contributed by atoms with Crippen LogP contribution in [0, 0.1) is 0 Å². The molecule has 132 valence electrons. The van der Waals surface area contributed by atoms with Gasteiger partial charge >= 0.3 is 5.69 Å². The minimum absolute atomic E-state index is 0.369. The highest BCUT2D eigenvalue weighted by Crippen LogP contribution is 2.16. The van der Waals surface area contributed by atoms with Crippen LogP contribution < -0.4 is 21.3 Å². The summed E-state index contributed by atoms with van der Waals surface area (Å²) >= 11 is 0. The minimum Gasteiger partial charge on any atom is -0.494 e. The number of anilines is 1. The average molecular weight is 343 g/mol. The maximum absolute atomic E-state index is 12.3. The van der Waals surface area contributed by atoms with E-state index in [1.807, 2.05) is 37.3 Å². The van der Waals surface area contributed by atoms with Gasteiger partial charge in [-0.25, -0.2) is 4.79 Å². The Labute approximate surface area is 144 Å². The first kappa shape index (κ1) is 16.8. The molecule has 0 spiro atoms. The number of rotatable bonds is 7. The smallest absolute Gasteiger partial charge is 0.329 e. The fourth-order valence-electron chi connectivity index (χ4n) is 2.67. The van der Waals surface area contributed by atoms with E-state index in [0.29, 0.717) is 43.2 Å². The zero-order chi connectivity index (χ0) is 17.8. The van der Waals surface area contributed by atoms with Gasteiger partial charge in [-0.1, -0.05) is 18.2 Å². The van der Waals surface area contributed by atoms with E-state index in [-0.39, 0.29) is 0 Å². The van der Waals surface area contributed by atoms with Crippen molar-refractivity contribution in [2.45, 2.75) is 19.9 Å². The molecule has 0 amide bonds. The maximum atomic E-state index is 12.3. The van der Waals surface area contributed by atoms with Crippen molar-refractivity contribution in [3.05, 3.63) is 51.2 Å². The Morgan fingerprint density at radius 3 is 2.72 bits per heavy atom. The summed E-state index contributed by atoms with van der Waals surface area (Å²) in [4.78, 5) is 30.8. The lowest BCUT2D eigenvalue weighted by atomic mass is 10.3. The number of nitrogens with zero attached hydrogens (tertiary/aromatic N) is 3. The van der Waals surface area contributed by atoms with E-state index in [2.05, 4.69) is 15.3 Å². The van der Waals surface area contributed by atoms with Crippen LogP contribution >= 0.6 is 0 Å². The van der Waals surface area contributed by atoms with Gasteiger partial charge < -0.3 is 14.6 Å². The largest absolute Gasteiger partial charge is 0.494 e. The molecule has 0 aliphatic rings. The van der Waals surface area contributed by atoms with Crippen molar-refractivity contribution >= 4 is 17.1 Å². The number of imidazole rings is 1. The van der Waals surface area contributed by atoms with E-state index in [9.17, 15) is 9.59 Å². The Hall–Kier alpha value is -3.03. The molecule has 0 aliphatic heterocycles. The lowest BCUT2D eigenvalue weighted by molar-refractivity contribution is 0.303. The van der Waals surface area contributed by atoms with Crippen molar-refractivity contribution < 1.29 is 4.74 Å². The van der Waals surface area contributed by atoms with Crippen molar-refractivity contribution in [3.63, 3.8) is 0 Å². The highest BCUT2D eigenvalue weighted by Gasteiger charge is 2.16. The third-order valence-corrected chi connectivity index (χ3v) is 3.88. The molecule has 0 bridgehead atoms. The molecule has 0 unspecified atom stereocenters. The highest BCUT2D eigenvalue weighted by atomic mass is 16.5. The van der Waals surface area contributed by atoms with Gasteiger partial charge in [-0.3, -0.25) is 14.3 Å². The number of hydrogen-bond acceptors (Lipinski definition) is 5. The molecule has 3 rings (SSSR count). The van der Waals surface area contributed by atoms with E-state index in [1.165, 1.54) is 4.57 Å². The van der Waals surface area contributed by atoms with Crippen LogP contribution in [0.25, 0.3) is 11.2 Å². The molecule has 0 radical (unpaired) electrons. The number of para-hydroxylation sites is 1. The lowest BCUT2D eigenvalue weighted by Crippen LogP contribution is -2.29. The van der Waals surface area contributed by atoms with Crippen LogP contribution in [0.1, 0.15) is 13.3 Å². The molecule has 0 saturated carbocycles.